The zero-order valence-electron chi connectivity index (χ0n) is 25.3. The molecular formula is C35H33ClF3N5O2. The number of nitrogens with zero attached hydrogens (tertiary/aromatic N) is 2. The van der Waals surface area contributed by atoms with Crippen LogP contribution in [0.25, 0.3) is 11.0 Å². The molecule has 1 fully saturated rings. The molecule has 5 aromatic rings. The van der Waals surface area contributed by atoms with E-state index in [0.717, 1.165) is 23.1 Å². The number of rotatable bonds is 9. The molecular weight excluding hydrogens is 615 g/mol. The minimum Gasteiger partial charge on any atom is -0.375 e. The second-order valence-corrected chi connectivity index (χ2v) is 12.1. The fraction of sp³-hybridized carbons (Fsp3) is 0.286. The Bertz CT molecular complexity index is 1850. The Morgan fingerprint density at radius 1 is 1.04 bits per heavy atom. The Morgan fingerprint density at radius 3 is 2.61 bits per heavy atom. The quantitative estimate of drug-likeness (QED) is 0.154. The summed E-state index contributed by atoms with van der Waals surface area (Å²) in [6, 6.07) is 14.1. The molecule has 3 N–H and O–H groups in total. The largest absolute Gasteiger partial charge is 0.375 e. The van der Waals surface area contributed by atoms with Crippen molar-refractivity contribution in [3.05, 3.63) is 123 Å². The van der Waals surface area contributed by atoms with E-state index in [9.17, 15) is 13.6 Å². The van der Waals surface area contributed by atoms with Crippen LogP contribution in [0.5, 0.6) is 0 Å². The molecule has 1 aliphatic rings. The highest BCUT2D eigenvalue weighted by Gasteiger charge is 2.26. The molecule has 0 aliphatic carbocycles. The number of amides is 1. The van der Waals surface area contributed by atoms with E-state index in [4.69, 9.17) is 21.3 Å². The van der Waals surface area contributed by atoms with Gasteiger partial charge in [0.05, 0.1) is 52.9 Å². The number of carbonyl (C=O) groups excluding carboxylic acids is 1. The molecule has 3 atom stereocenters. The summed E-state index contributed by atoms with van der Waals surface area (Å²) in [4.78, 5) is 25.4. The number of hydrogen-bond acceptors (Lipinski definition) is 5. The molecule has 1 saturated heterocycles. The standard InChI is InChI=1S/C35H33ClF3N5O2/c1-19-10-30-31(11-20(19)2)44-35(43-30)33-18-46-24(15-41-33)7-8-25-29(39)16-40-17-32(25)42-34(45)14-26(21-4-3-5-23(37)12-21)22-6-9-27(36)28(38)13-22/h3-6,9-13,16-17,24,26,33,41H,7-8,14-15,18H2,1-2H3,(H,42,45)(H,43,44)/t24-,26-,33+/m1/s1. The molecule has 6 rings (SSSR count). The van der Waals surface area contributed by atoms with Crippen molar-refractivity contribution >= 4 is 34.2 Å². The van der Waals surface area contributed by atoms with Gasteiger partial charge in [0.1, 0.15) is 23.3 Å². The maximum atomic E-state index is 15.0. The summed E-state index contributed by atoms with van der Waals surface area (Å²) in [5, 5.41) is 6.20. The van der Waals surface area contributed by atoms with Crippen molar-refractivity contribution in [2.24, 2.45) is 0 Å². The Hall–Kier alpha value is -4.25. The predicted molar refractivity (Wildman–Crippen MR) is 171 cm³/mol. The van der Waals surface area contributed by atoms with Crippen molar-refractivity contribution in [1.29, 1.82) is 0 Å². The number of aromatic nitrogens is 3. The number of morpholine rings is 1. The summed E-state index contributed by atoms with van der Waals surface area (Å²) >= 11 is 5.87. The van der Waals surface area contributed by atoms with Crippen LogP contribution in [-0.2, 0) is 16.0 Å². The molecule has 7 nitrogen and oxygen atoms in total. The minimum atomic E-state index is -0.679. The van der Waals surface area contributed by atoms with Crippen LogP contribution in [0.3, 0.4) is 0 Å². The van der Waals surface area contributed by atoms with Gasteiger partial charge in [-0.25, -0.2) is 18.2 Å². The van der Waals surface area contributed by atoms with Crippen LogP contribution in [0.15, 0.2) is 67.0 Å². The van der Waals surface area contributed by atoms with Crippen LogP contribution in [0.1, 0.15) is 58.4 Å². The molecule has 11 heteroatoms. The van der Waals surface area contributed by atoms with Crippen molar-refractivity contribution in [3.8, 4) is 0 Å². The summed E-state index contributed by atoms with van der Waals surface area (Å²) in [5.74, 6) is -2.02. The number of carbonyl (C=O) groups is 1. The molecule has 0 spiro atoms. The van der Waals surface area contributed by atoms with Crippen LogP contribution < -0.4 is 10.6 Å². The third kappa shape index (κ3) is 7.09. The molecule has 1 amide bonds. The summed E-state index contributed by atoms with van der Waals surface area (Å²) in [7, 11) is 0. The van der Waals surface area contributed by atoms with Gasteiger partial charge in [-0.2, -0.15) is 0 Å². The molecule has 46 heavy (non-hydrogen) atoms. The molecule has 3 heterocycles. The van der Waals surface area contributed by atoms with Crippen molar-refractivity contribution in [2.45, 2.75) is 51.2 Å². The van der Waals surface area contributed by atoms with E-state index < -0.39 is 29.3 Å². The maximum Gasteiger partial charge on any atom is 0.225 e. The highest BCUT2D eigenvalue weighted by molar-refractivity contribution is 6.30. The number of benzene rings is 3. The van der Waals surface area contributed by atoms with Gasteiger partial charge in [0, 0.05) is 24.4 Å². The predicted octanol–water partition coefficient (Wildman–Crippen LogP) is 7.47. The number of fused-ring (bicyclic) bond motifs is 1. The Balaban J connectivity index is 1.11. The van der Waals surface area contributed by atoms with Gasteiger partial charge >= 0.3 is 0 Å². The Labute approximate surface area is 269 Å². The van der Waals surface area contributed by atoms with Gasteiger partial charge in [-0.05, 0) is 85.3 Å². The number of imidazole rings is 1. The first-order valence-electron chi connectivity index (χ1n) is 15.1. The zero-order valence-corrected chi connectivity index (χ0v) is 26.1. The number of aryl methyl sites for hydroxylation is 2. The minimum absolute atomic E-state index is 0.0611. The van der Waals surface area contributed by atoms with Crippen LogP contribution in [0.4, 0.5) is 18.9 Å². The van der Waals surface area contributed by atoms with E-state index >= 15 is 4.39 Å². The van der Waals surface area contributed by atoms with Crippen LogP contribution >= 0.6 is 11.6 Å². The van der Waals surface area contributed by atoms with Gasteiger partial charge in [-0.15, -0.1) is 0 Å². The molecule has 2 aromatic heterocycles. The van der Waals surface area contributed by atoms with E-state index in [1.807, 2.05) is 0 Å². The lowest BCUT2D eigenvalue weighted by atomic mass is 9.88. The van der Waals surface area contributed by atoms with Crippen molar-refractivity contribution < 1.29 is 22.7 Å². The number of hydrogen-bond donors (Lipinski definition) is 3. The fourth-order valence-electron chi connectivity index (χ4n) is 5.84. The first-order chi connectivity index (χ1) is 22.1. The number of halogens is 4. The lowest BCUT2D eigenvalue weighted by Gasteiger charge is -2.29. The summed E-state index contributed by atoms with van der Waals surface area (Å²) in [5.41, 5.74) is 5.74. The van der Waals surface area contributed by atoms with Gasteiger partial charge in [-0.3, -0.25) is 9.78 Å². The smallest absolute Gasteiger partial charge is 0.225 e. The number of pyridine rings is 1. The second-order valence-electron chi connectivity index (χ2n) is 11.7. The molecule has 0 radical (unpaired) electrons. The van der Waals surface area contributed by atoms with E-state index in [1.54, 1.807) is 12.1 Å². The first-order valence-corrected chi connectivity index (χ1v) is 15.5. The van der Waals surface area contributed by atoms with Crippen molar-refractivity contribution in [2.75, 3.05) is 18.5 Å². The number of ether oxygens (including phenoxy) is 1. The number of anilines is 1. The highest BCUT2D eigenvalue weighted by atomic mass is 35.5. The van der Waals surface area contributed by atoms with Gasteiger partial charge in [-0.1, -0.05) is 29.8 Å². The van der Waals surface area contributed by atoms with Crippen molar-refractivity contribution in [3.63, 3.8) is 0 Å². The summed E-state index contributed by atoms with van der Waals surface area (Å²) < 4.78 is 49.6. The third-order valence-corrected chi connectivity index (χ3v) is 8.82. The van der Waals surface area contributed by atoms with E-state index in [1.165, 1.54) is 47.7 Å². The number of aromatic amines is 1. The molecule has 0 unspecified atom stereocenters. The average Bonchev–Trinajstić information content (AvgIpc) is 3.44. The number of H-pyrrole nitrogens is 1. The van der Waals surface area contributed by atoms with E-state index in [-0.39, 0.29) is 29.3 Å². The van der Waals surface area contributed by atoms with Crippen LogP contribution in [0.2, 0.25) is 5.02 Å². The monoisotopic (exact) mass is 647 g/mol. The van der Waals surface area contributed by atoms with Crippen LogP contribution in [0, 0.1) is 31.3 Å². The summed E-state index contributed by atoms with van der Waals surface area (Å²) in [6.07, 6.45) is 2.96. The van der Waals surface area contributed by atoms with E-state index in [0.29, 0.717) is 42.7 Å². The molecule has 0 bridgehead atoms. The first kappa shape index (κ1) is 31.7. The van der Waals surface area contributed by atoms with Gasteiger partial charge < -0.3 is 20.4 Å². The highest BCUT2D eigenvalue weighted by Crippen LogP contribution is 2.32. The van der Waals surface area contributed by atoms with Gasteiger partial charge in [0.25, 0.3) is 0 Å². The fourth-order valence-corrected chi connectivity index (χ4v) is 5.95. The zero-order chi connectivity index (χ0) is 32.4. The lowest BCUT2D eigenvalue weighted by molar-refractivity contribution is -0.116. The average molecular weight is 648 g/mol. The van der Waals surface area contributed by atoms with Crippen molar-refractivity contribution in [1.82, 2.24) is 20.3 Å². The third-order valence-electron chi connectivity index (χ3n) is 8.52. The Morgan fingerprint density at radius 2 is 1.85 bits per heavy atom. The SMILES string of the molecule is Cc1cc2nc([C@@H]3CO[C@H](CCc4c(F)cncc4NC(=O)C[C@H](c4cccc(F)c4)c4ccc(Cl)c(F)c4)CN3)[nH]c2cc1C. The summed E-state index contributed by atoms with van der Waals surface area (Å²) in [6.45, 7) is 5.07. The van der Waals surface area contributed by atoms with E-state index in [2.05, 4.69) is 46.6 Å². The van der Waals surface area contributed by atoms with Gasteiger partial charge in [0.15, 0.2) is 0 Å². The number of nitrogens with one attached hydrogen (secondary N) is 3. The van der Waals surface area contributed by atoms with Crippen LogP contribution in [-0.4, -0.2) is 40.1 Å². The normalized spacial score (nSPS) is 17.3. The molecule has 1 aliphatic heterocycles. The molecule has 0 saturated carbocycles. The topological polar surface area (TPSA) is 91.9 Å². The van der Waals surface area contributed by atoms with Gasteiger partial charge in [0.2, 0.25) is 5.91 Å². The lowest BCUT2D eigenvalue weighted by Crippen LogP contribution is -2.41. The Kier molecular flexibility index (Phi) is 9.39. The molecule has 238 valence electrons. The maximum absolute atomic E-state index is 15.0. The molecule has 3 aromatic carbocycles. The second kappa shape index (κ2) is 13.6.